The van der Waals surface area contributed by atoms with Crippen LogP contribution in [0.4, 0.5) is 0 Å². The van der Waals surface area contributed by atoms with Crippen LogP contribution in [0.5, 0.6) is 0 Å². The van der Waals surface area contributed by atoms with Crippen molar-refractivity contribution >= 4 is 12.0 Å². The van der Waals surface area contributed by atoms with Gasteiger partial charge in [0.05, 0.1) is 12.7 Å². The average Bonchev–Trinajstić information content (AvgIpc) is 2.26. The number of rotatable bonds is 2. The van der Waals surface area contributed by atoms with E-state index in [0.29, 0.717) is 5.56 Å². The Labute approximate surface area is 81.1 Å². The van der Waals surface area contributed by atoms with Gasteiger partial charge >= 0.3 is 12.0 Å². The fourth-order valence-electron chi connectivity index (χ4n) is 0.751. The number of oxime groups is 1. The summed E-state index contributed by atoms with van der Waals surface area (Å²) in [5.74, 6) is -0.578. The zero-order valence-corrected chi connectivity index (χ0v) is 7.64. The number of methoxy groups -OCH3 is 1. The van der Waals surface area contributed by atoms with E-state index in [-0.39, 0.29) is 6.02 Å². The number of carbonyl (C=O) groups is 1. The summed E-state index contributed by atoms with van der Waals surface area (Å²) in [7, 11) is 1.33. The summed E-state index contributed by atoms with van der Waals surface area (Å²) < 4.78 is 4.49. The summed E-state index contributed by atoms with van der Waals surface area (Å²) in [4.78, 5) is 15.7. The number of nitrogens with zero attached hydrogens (tertiary/aromatic N) is 1. The molecular formula is C9H10N2O3. The minimum atomic E-state index is -0.578. The normalized spacial score (nSPS) is 10.8. The maximum atomic E-state index is 11.2. The van der Waals surface area contributed by atoms with Crippen molar-refractivity contribution in [3.63, 3.8) is 0 Å². The second-order valence-corrected chi connectivity index (χ2v) is 2.38. The first-order valence-electron chi connectivity index (χ1n) is 3.88. The highest BCUT2D eigenvalue weighted by Gasteiger charge is 2.05. The number of ether oxygens (including phenoxy) is 1. The van der Waals surface area contributed by atoms with Gasteiger partial charge in [-0.25, -0.2) is 4.79 Å². The summed E-state index contributed by atoms with van der Waals surface area (Å²) in [6, 6.07) is 8.26. The molecule has 0 aliphatic heterocycles. The van der Waals surface area contributed by atoms with Crippen LogP contribution < -0.4 is 5.73 Å². The monoisotopic (exact) mass is 194 g/mol. The summed E-state index contributed by atoms with van der Waals surface area (Å²) >= 11 is 0. The lowest BCUT2D eigenvalue weighted by molar-refractivity contribution is 0.0503. The Morgan fingerprint density at radius 3 is 2.57 bits per heavy atom. The van der Waals surface area contributed by atoms with Gasteiger partial charge in [0.15, 0.2) is 0 Å². The van der Waals surface area contributed by atoms with Crippen molar-refractivity contribution in [2.45, 2.75) is 0 Å². The zero-order valence-electron chi connectivity index (χ0n) is 7.64. The van der Waals surface area contributed by atoms with Crippen molar-refractivity contribution in [3.8, 4) is 0 Å². The lowest BCUT2D eigenvalue weighted by Crippen LogP contribution is -2.15. The third-order valence-electron chi connectivity index (χ3n) is 1.44. The van der Waals surface area contributed by atoms with Gasteiger partial charge < -0.3 is 15.3 Å². The van der Waals surface area contributed by atoms with Gasteiger partial charge in [-0.2, -0.15) is 0 Å². The van der Waals surface area contributed by atoms with Crippen LogP contribution in [0.3, 0.4) is 0 Å². The predicted octanol–water partition coefficient (Wildman–Crippen LogP) is 0.719. The van der Waals surface area contributed by atoms with Gasteiger partial charge in [0.2, 0.25) is 0 Å². The fourth-order valence-corrected chi connectivity index (χ4v) is 0.751. The second kappa shape index (κ2) is 4.86. The van der Waals surface area contributed by atoms with Crippen LogP contribution in [-0.2, 0) is 9.57 Å². The van der Waals surface area contributed by atoms with Crippen LogP contribution in [0.2, 0.25) is 0 Å². The molecule has 1 rings (SSSR count). The average molecular weight is 194 g/mol. The number of amidine groups is 1. The van der Waals surface area contributed by atoms with Crippen molar-refractivity contribution in [3.05, 3.63) is 35.9 Å². The van der Waals surface area contributed by atoms with Crippen LogP contribution in [-0.4, -0.2) is 19.1 Å². The third kappa shape index (κ3) is 2.78. The minimum Gasteiger partial charge on any atom is -0.467 e. The minimum absolute atomic E-state index is 0.200. The lowest BCUT2D eigenvalue weighted by atomic mass is 10.2. The van der Waals surface area contributed by atoms with Crippen molar-refractivity contribution in [2.75, 3.05) is 7.11 Å². The topological polar surface area (TPSA) is 73.9 Å². The molecule has 0 fully saturated rings. The van der Waals surface area contributed by atoms with E-state index in [0.717, 1.165) is 0 Å². The highest BCUT2D eigenvalue weighted by Crippen LogP contribution is 2.00. The molecule has 0 saturated carbocycles. The first-order valence-corrected chi connectivity index (χ1v) is 3.88. The molecule has 74 valence electrons. The van der Waals surface area contributed by atoms with Crippen LogP contribution in [0.15, 0.2) is 35.5 Å². The number of hydrogen-bond acceptors (Lipinski definition) is 4. The van der Waals surface area contributed by atoms with Crippen molar-refractivity contribution in [1.29, 1.82) is 0 Å². The molecule has 5 heteroatoms. The molecule has 0 radical (unpaired) electrons. The second-order valence-electron chi connectivity index (χ2n) is 2.38. The number of nitrogens with two attached hydrogens (primary N) is 1. The van der Waals surface area contributed by atoms with E-state index in [1.165, 1.54) is 7.11 Å². The molecule has 0 saturated heterocycles. The molecule has 0 heterocycles. The predicted molar refractivity (Wildman–Crippen MR) is 50.5 cm³/mol. The van der Waals surface area contributed by atoms with Gasteiger partial charge in [-0.15, -0.1) is 0 Å². The maximum absolute atomic E-state index is 11.2. The molecule has 14 heavy (non-hydrogen) atoms. The highest BCUT2D eigenvalue weighted by atomic mass is 16.7. The number of carbonyl (C=O) groups excluding carboxylic acids is 1. The maximum Gasteiger partial charge on any atom is 0.365 e. The molecule has 0 atom stereocenters. The van der Waals surface area contributed by atoms with Crippen molar-refractivity contribution < 1.29 is 14.4 Å². The standard InChI is InChI=1S/C9H10N2O3/c1-13-9(10)11-14-8(12)7-5-3-2-4-6-7/h2-6H,1H3,(H2,10,11). The third-order valence-corrected chi connectivity index (χ3v) is 1.44. The molecular weight excluding hydrogens is 184 g/mol. The highest BCUT2D eigenvalue weighted by molar-refractivity contribution is 5.89. The number of hydrogen-bond donors (Lipinski definition) is 1. The first kappa shape index (κ1) is 10.0. The van der Waals surface area contributed by atoms with E-state index in [1.54, 1.807) is 30.3 Å². The number of benzene rings is 1. The fraction of sp³-hybridized carbons (Fsp3) is 0.111. The Hall–Kier alpha value is -2.04. The molecule has 0 bridgehead atoms. The Kier molecular flexibility index (Phi) is 3.49. The van der Waals surface area contributed by atoms with Crippen LogP contribution >= 0.6 is 0 Å². The first-order chi connectivity index (χ1) is 6.74. The van der Waals surface area contributed by atoms with Crippen molar-refractivity contribution in [1.82, 2.24) is 0 Å². The van der Waals surface area contributed by atoms with E-state index in [9.17, 15) is 4.79 Å². The van der Waals surface area contributed by atoms with Gasteiger partial charge in [0, 0.05) is 0 Å². The molecule has 0 spiro atoms. The van der Waals surface area contributed by atoms with E-state index in [4.69, 9.17) is 5.73 Å². The molecule has 0 aliphatic carbocycles. The van der Waals surface area contributed by atoms with E-state index in [2.05, 4.69) is 14.7 Å². The molecule has 5 nitrogen and oxygen atoms in total. The summed E-state index contributed by atoms with van der Waals surface area (Å²) in [5, 5.41) is 3.24. The molecule has 0 unspecified atom stereocenters. The van der Waals surface area contributed by atoms with Crippen LogP contribution in [0.25, 0.3) is 0 Å². The van der Waals surface area contributed by atoms with Crippen LogP contribution in [0.1, 0.15) is 10.4 Å². The summed E-state index contributed by atoms with van der Waals surface area (Å²) in [6.45, 7) is 0. The largest absolute Gasteiger partial charge is 0.467 e. The summed E-state index contributed by atoms with van der Waals surface area (Å²) in [5.41, 5.74) is 5.55. The Bertz CT molecular complexity index is 335. The van der Waals surface area contributed by atoms with Crippen LogP contribution in [0, 0.1) is 0 Å². The van der Waals surface area contributed by atoms with E-state index in [1.807, 2.05) is 0 Å². The quantitative estimate of drug-likeness (QED) is 0.326. The smallest absolute Gasteiger partial charge is 0.365 e. The lowest BCUT2D eigenvalue weighted by Gasteiger charge is -1.98. The Morgan fingerprint density at radius 2 is 2.00 bits per heavy atom. The summed E-state index contributed by atoms with van der Waals surface area (Å²) in [6.07, 6.45) is 0. The molecule has 1 aromatic rings. The van der Waals surface area contributed by atoms with Gasteiger partial charge in [0.25, 0.3) is 0 Å². The Balaban J connectivity index is 2.60. The van der Waals surface area contributed by atoms with E-state index >= 15 is 0 Å². The Morgan fingerprint density at radius 1 is 1.36 bits per heavy atom. The van der Waals surface area contributed by atoms with Gasteiger partial charge in [0.1, 0.15) is 0 Å². The molecule has 2 N–H and O–H groups in total. The van der Waals surface area contributed by atoms with E-state index < -0.39 is 5.97 Å². The van der Waals surface area contributed by atoms with Gasteiger partial charge in [-0.05, 0) is 17.3 Å². The molecule has 0 amide bonds. The molecule has 1 aromatic carbocycles. The molecule has 0 aromatic heterocycles. The SMILES string of the molecule is CO/C(N)=N/OC(=O)c1ccccc1. The van der Waals surface area contributed by atoms with Gasteiger partial charge in [-0.3, -0.25) is 0 Å². The van der Waals surface area contributed by atoms with Gasteiger partial charge in [-0.1, -0.05) is 18.2 Å². The van der Waals surface area contributed by atoms with Crippen molar-refractivity contribution in [2.24, 2.45) is 10.9 Å². The molecule has 0 aliphatic rings. The zero-order chi connectivity index (χ0) is 10.4.